The lowest BCUT2D eigenvalue weighted by molar-refractivity contribution is -0.0610. The first-order chi connectivity index (χ1) is 14.4. The minimum absolute atomic E-state index is 0. The number of hydrogen-bond donors (Lipinski definition) is 0. The molecule has 4 heteroatoms. The highest BCUT2D eigenvalue weighted by atomic mass is 127. The molecule has 1 fully saturated rings. The summed E-state index contributed by atoms with van der Waals surface area (Å²) in [7, 11) is -2.01. The van der Waals surface area contributed by atoms with Crippen LogP contribution in [0.4, 0.5) is 0 Å². The Morgan fingerprint density at radius 1 is 0.833 bits per heavy atom. The second kappa shape index (κ2) is 11.4. The summed E-state index contributed by atoms with van der Waals surface area (Å²) in [5.74, 6) is 0.112. The van der Waals surface area contributed by atoms with Crippen LogP contribution in [0.15, 0.2) is 91.0 Å². The van der Waals surface area contributed by atoms with E-state index in [9.17, 15) is 0 Å². The van der Waals surface area contributed by atoms with Gasteiger partial charge in [-0.2, -0.15) is 0 Å². The molecule has 0 amide bonds. The highest BCUT2D eigenvalue weighted by Gasteiger charge is 2.53. The van der Waals surface area contributed by atoms with E-state index in [2.05, 4.69) is 97.9 Å². The van der Waals surface area contributed by atoms with Crippen LogP contribution in [0.5, 0.6) is 0 Å². The van der Waals surface area contributed by atoms with Gasteiger partial charge in [-0.1, -0.05) is 61.5 Å². The fourth-order valence-corrected chi connectivity index (χ4v) is 9.16. The van der Waals surface area contributed by atoms with Crippen LogP contribution < -0.4 is 39.9 Å². The quantitative estimate of drug-likeness (QED) is 0.342. The van der Waals surface area contributed by atoms with Crippen LogP contribution >= 0.6 is 7.26 Å². The maximum Gasteiger partial charge on any atom is 0.181 e. The van der Waals surface area contributed by atoms with Crippen LogP contribution in [0.25, 0.3) is 0 Å². The van der Waals surface area contributed by atoms with E-state index in [1.165, 1.54) is 15.9 Å². The van der Waals surface area contributed by atoms with Gasteiger partial charge >= 0.3 is 0 Å². The second-order valence-corrected chi connectivity index (χ2v) is 11.1. The molecule has 2 atom stereocenters. The first-order valence-electron chi connectivity index (χ1n) is 10.6. The summed E-state index contributed by atoms with van der Waals surface area (Å²) >= 11 is 0. The van der Waals surface area contributed by atoms with Crippen molar-refractivity contribution in [2.45, 2.75) is 38.1 Å². The third-order valence-electron chi connectivity index (χ3n) is 5.74. The van der Waals surface area contributed by atoms with E-state index in [1.54, 1.807) is 0 Å². The van der Waals surface area contributed by atoms with E-state index in [-0.39, 0.29) is 35.9 Å². The van der Waals surface area contributed by atoms with Gasteiger partial charge in [0.05, 0.1) is 12.7 Å². The van der Waals surface area contributed by atoms with E-state index in [4.69, 9.17) is 9.47 Å². The Kier molecular flexibility index (Phi) is 8.88. The fourth-order valence-electron chi connectivity index (χ4n) is 4.44. The Bertz CT molecular complexity index is 771. The highest BCUT2D eigenvalue weighted by Crippen LogP contribution is 2.61. The van der Waals surface area contributed by atoms with E-state index in [0.29, 0.717) is 6.61 Å². The lowest BCUT2D eigenvalue weighted by Crippen LogP contribution is -3.00. The van der Waals surface area contributed by atoms with Gasteiger partial charge in [0.1, 0.15) is 23.2 Å². The minimum Gasteiger partial charge on any atom is -1.00 e. The van der Waals surface area contributed by atoms with Crippen molar-refractivity contribution >= 4 is 23.2 Å². The molecule has 0 bridgehead atoms. The van der Waals surface area contributed by atoms with Gasteiger partial charge in [0.2, 0.25) is 0 Å². The zero-order valence-corrected chi connectivity index (χ0v) is 20.5. The van der Waals surface area contributed by atoms with E-state index in [1.807, 2.05) is 0 Å². The molecule has 1 aliphatic rings. The molecule has 1 aliphatic heterocycles. The summed E-state index contributed by atoms with van der Waals surface area (Å²) in [5.41, 5.74) is 0. The first-order valence-corrected chi connectivity index (χ1v) is 12.5. The monoisotopic (exact) mass is 532 g/mol. The van der Waals surface area contributed by atoms with Gasteiger partial charge in [-0.15, -0.1) is 0 Å². The maximum absolute atomic E-state index is 6.89. The number of benzene rings is 3. The van der Waals surface area contributed by atoms with Crippen molar-refractivity contribution in [2.75, 3.05) is 13.2 Å². The van der Waals surface area contributed by atoms with Crippen LogP contribution in [0.3, 0.4) is 0 Å². The summed E-state index contributed by atoms with van der Waals surface area (Å²) in [6.45, 7) is 3.82. The smallest absolute Gasteiger partial charge is 0.181 e. The number of rotatable bonds is 7. The summed E-state index contributed by atoms with van der Waals surface area (Å²) in [4.78, 5) is 0. The Morgan fingerprint density at radius 3 is 1.67 bits per heavy atom. The van der Waals surface area contributed by atoms with Crippen LogP contribution in [0, 0.1) is 0 Å². The molecule has 0 radical (unpaired) electrons. The number of halogens is 1. The Hall–Kier alpha value is -1.26. The molecule has 0 saturated carbocycles. The van der Waals surface area contributed by atoms with E-state index in [0.717, 1.165) is 25.9 Å². The van der Waals surface area contributed by atoms with Gasteiger partial charge in [0.25, 0.3) is 0 Å². The molecular formula is C26H30IO2P. The zero-order valence-electron chi connectivity index (χ0n) is 17.5. The molecule has 0 N–H and O–H groups in total. The largest absolute Gasteiger partial charge is 1.00 e. The van der Waals surface area contributed by atoms with Gasteiger partial charge in [0, 0.05) is 13.0 Å². The third kappa shape index (κ3) is 4.80. The Balaban J connectivity index is 0.00000256. The maximum atomic E-state index is 6.89. The standard InChI is InChI=1S/C26H30O2P.HI/c1-2-26(28-22-13-12-20-27-21-22)29(23-14-6-3-7-15-23,24-16-8-4-9-17-24)25-18-10-5-11-19-25;/h3-11,14-19,22,26H,2,12-13,20-21H2,1H3;1H/q+1;/p-1. The number of ether oxygens (including phenoxy) is 2. The van der Waals surface area contributed by atoms with Crippen LogP contribution in [-0.2, 0) is 9.47 Å². The molecular weight excluding hydrogens is 502 g/mol. The predicted octanol–water partition coefficient (Wildman–Crippen LogP) is 1.92. The topological polar surface area (TPSA) is 18.5 Å². The average Bonchev–Trinajstić information content (AvgIpc) is 2.82. The summed E-state index contributed by atoms with van der Waals surface area (Å²) in [5, 5.41) is 4.13. The van der Waals surface area contributed by atoms with Crippen LogP contribution in [-0.4, -0.2) is 25.2 Å². The molecule has 2 nitrogen and oxygen atoms in total. The lowest BCUT2D eigenvalue weighted by atomic mass is 10.2. The lowest BCUT2D eigenvalue weighted by Gasteiger charge is -2.36. The summed E-state index contributed by atoms with van der Waals surface area (Å²) < 4.78 is 12.6. The van der Waals surface area contributed by atoms with Gasteiger partial charge < -0.3 is 33.5 Å². The fraction of sp³-hybridized carbons (Fsp3) is 0.308. The molecule has 4 rings (SSSR count). The third-order valence-corrected chi connectivity index (χ3v) is 10.4. The molecule has 1 saturated heterocycles. The SMILES string of the molecule is CCC(OC1CCCOC1)[P+](c1ccccc1)(c1ccccc1)c1ccccc1.[I-]. The summed E-state index contributed by atoms with van der Waals surface area (Å²) in [6, 6.07) is 33.0. The van der Waals surface area contributed by atoms with Crippen molar-refractivity contribution in [3.05, 3.63) is 91.0 Å². The predicted molar refractivity (Wildman–Crippen MR) is 124 cm³/mol. The van der Waals surface area contributed by atoms with Crippen molar-refractivity contribution in [1.29, 1.82) is 0 Å². The molecule has 3 aromatic carbocycles. The summed E-state index contributed by atoms with van der Waals surface area (Å²) in [6.07, 6.45) is 3.29. The van der Waals surface area contributed by atoms with E-state index >= 15 is 0 Å². The van der Waals surface area contributed by atoms with Crippen molar-refractivity contribution < 1.29 is 33.5 Å². The van der Waals surface area contributed by atoms with E-state index < -0.39 is 7.26 Å². The van der Waals surface area contributed by atoms with Crippen LogP contribution in [0.2, 0.25) is 0 Å². The normalized spacial score (nSPS) is 17.7. The molecule has 30 heavy (non-hydrogen) atoms. The van der Waals surface area contributed by atoms with Crippen molar-refractivity contribution in [3.63, 3.8) is 0 Å². The Labute approximate surface area is 198 Å². The highest BCUT2D eigenvalue weighted by molar-refractivity contribution is 7.96. The zero-order chi connectivity index (χ0) is 19.9. The molecule has 158 valence electrons. The average molecular weight is 532 g/mol. The first kappa shape index (κ1) is 23.4. The van der Waals surface area contributed by atoms with Crippen molar-refractivity contribution in [3.8, 4) is 0 Å². The molecule has 2 unspecified atom stereocenters. The Morgan fingerprint density at radius 2 is 1.30 bits per heavy atom. The second-order valence-electron chi connectivity index (χ2n) is 7.57. The molecule has 0 aromatic heterocycles. The van der Waals surface area contributed by atoms with Gasteiger partial charge in [0.15, 0.2) is 5.85 Å². The van der Waals surface area contributed by atoms with Crippen molar-refractivity contribution in [2.24, 2.45) is 0 Å². The molecule has 1 heterocycles. The van der Waals surface area contributed by atoms with Gasteiger partial charge in [-0.3, -0.25) is 0 Å². The van der Waals surface area contributed by atoms with Gasteiger partial charge in [-0.25, -0.2) is 0 Å². The molecule has 3 aromatic rings. The molecule has 0 aliphatic carbocycles. The number of hydrogen-bond acceptors (Lipinski definition) is 2. The minimum atomic E-state index is -2.01. The molecule has 0 spiro atoms. The van der Waals surface area contributed by atoms with Gasteiger partial charge in [-0.05, 0) is 49.2 Å². The van der Waals surface area contributed by atoms with Crippen molar-refractivity contribution in [1.82, 2.24) is 0 Å². The van der Waals surface area contributed by atoms with Crippen LogP contribution in [0.1, 0.15) is 26.2 Å².